The highest BCUT2D eigenvalue weighted by Gasteiger charge is 2.42. The zero-order valence-electron chi connectivity index (χ0n) is 23.9. The van der Waals surface area contributed by atoms with E-state index in [2.05, 4.69) is 149 Å². The summed E-state index contributed by atoms with van der Waals surface area (Å²) in [6, 6.07) is 48.1. The van der Waals surface area contributed by atoms with Gasteiger partial charge in [0.25, 0.3) is 0 Å². The molecule has 208 valence electrons. The van der Waals surface area contributed by atoms with Gasteiger partial charge in [-0.15, -0.1) is 0 Å². The summed E-state index contributed by atoms with van der Waals surface area (Å²) in [7, 11) is 3.41. The van der Waals surface area contributed by atoms with Gasteiger partial charge in [-0.3, -0.25) is 0 Å². The molecule has 0 saturated heterocycles. The van der Waals surface area contributed by atoms with E-state index in [1.54, 1.807) is 14.2 Å². The predicted molar refractivity (Wildman–Crippen MR) is 173 cm³/mol. The summed E-state index contributed by atoms with van der Waals surface area (Å²) < 4.78 is 11.4. The third-order valence-electron chi connectivity index (χ3n) is 7.65. The lowest BCUT2D eigenvalue weighted by Gasteiger charge is -2.51. The summed E-state index contributed by atoms with van der Waals surface area (Å²) in [6.45, 7) is 0. The third kappa shape index (κ3) is 5.27. The topological polar surface area (TPSA) is 24.9 Å². The van der Waals surface area contributed by atoms with E-state index in [1.807, 2.05) is 24.3 Å². The molecule has 0 heterocycles. The Morgan fingerprint density at radius 1 is 0.476 bits per heavy atom. The Morgan fingerprint density at radius 3 is 1.31 bits per heavy atom. The molecule has 0 bridgehead atoms. The Kier molecular flexibility index (Phi) is 7.78. The van der Waals surface area contributed by atoms with Gasteiger partial charge in [-0.05, 0) is 66.2 Å². The summed E-state index contributed by atoms with van der Waals surface area (Å²) in [4.78, 5) is 4.74. The molecule has 0 atom stereocenters. The number of rotatable bonds is 9. The average molecular weight is 551 g/mol. The molecule has 0 aromatic heterocycles. The first kappa shape index (κ1) is 27.0. The normalized spacial score (nSPS) is 13.9. The minimum Gasteiger partial charge on any atom is -0.497 e. The van der Waals surface area contributed by atoms with Gasteiger partial charge in [-0.1, -0.05) is 91.0 Å². The molecule has 1 aliphatic rings. The number of hydrogen-bond donors (Lipinski definition) is 0. The SMILES string of the molecule is COc1cccc(N(c2ccccc2)C2(N(c3ccccc3)c3cccc(OC)c3)C=CC(c3ccccc3)C=C2)c1. The Hall–Kier alpha value is -5.22. The second-order valence-corrected chi connectivity index (χ2v) is 10.2. The van der Waals surface area contributed by atoms with Crippen molar-refractivity contribution in [2.24, 2.45) is 0 Å². The summed E-state index contributed by atoms with van der Waals surface area (Å²) in [5.41, 5.74) is 4.55. The van der Waals surface area contributed by atoms with Crippen molar-refractivity contribution in [3.8, 4) is 11.5 Å². The fourth-order valence-electron chi connectivity index (χ4n) is 5.68. The molecular weight excluding hydrogens is 516 g/mol. The molecule has 4 heteroatoms. The molecule has 42 heavy (non-hydrogen) atoms. The fourth-order valence-corrected chi connectivity index (χ4v) is 5.68. The van der Waals surface area contributed by atoms with Gasteiger partial charge in [0.1, 0.15) is 11.5 Å². The smallest absolute Gasteiger partial charge is 0.160 e. The Labute approximate surface area is 248 Å². The Balaban J connectivity index is 1.64. The maximum atomic E-state index is 5.70. The number of allylic oxidation sites excluding steroid dienone is 2. The van der Waals surface area contributed by atoms with Crippen LogP contribution in [0.4, 0.5) is 22.7 Å². The van der Waals surface area contributed by atoms with Crippen LogP contribution in [0.5, 0.6) is 11.5 Å². The lowest BCUT2D eigenvalue weighted by atomic mass is 9.87. The highest BCUT2D eigenvalue weighted by molar-refractivity contribution is 5.78. The molecule has 0 spiro atoms. The van der Waals surface area contributed by atoms with Crippen LogP contribution < -0.4 is 19.3 Å². The van der Waals surface area contributed by atoms with Crippen LogP contribution in [0, 0.1) is 0 Å². The van der Waals surface area contributed by atoms with Crippen molar-refractivity contribution in [2.45, 2.75) is 11.6 Å². The fraction of sp³-hybridized carbons (Fsp3) is 0.105. The summed E-state index contributed by atoms with van der Waals surface area (Å²) in [5.74, 6) is 1.73. The summed E-state index contributed by atoms with van der Waals surface area (Å²) >= 11 is 0. The van der Waals surface area contributed by atoms with E-state index in [9.17, 15) is 0 Å². The molecule has 0 amide bonds. The number of ether oxygens (including phenoxy) is 2. The van der Waals surface area contributed by atoms with E-state index >= 15 is 0 Å². The standard InChI is InChI=1S/C38H34N2O2/c1-41-36-22-12-20-34(28-36)39(32-16-8-4-9-17-32)38(26-24-31(25-27-38)30-14-6-3-7-15-30)40(33-18-10-5-11-19-33)35-21-13-23-37(29-35)42-2/h3-29,31H,1-2H3. The van der Waals surface area contributed by atoms with Crippen LogP contribution in [0.15, 0.2) is 164 Å². The summed E-state index contributed by atoms with van der Waals surface area (Å²) in [5, 5.41) is 0. The van der Waals surface area contributed by atoms with Crippen molar-refractivity contribution in [1.82, 2.24) is 0 Å². The molecule has 5 aromatic rings. The first-order valence-corrected chi connectivity index (χ1v) is 14.1. The number of para-hydroxylation sites is 2. The maximum absolute atomic E-state index is 5.70. The van der Waals surface area contributed by atoms with Gasteiger partial charge in [0.05, 0.1) is 14.2 Å². The largest absolute Gasteiger partial charge is 0.497 e. The van der Waals surface area contributed by atoms with Gasteiger partial charge >= 0.3 is 0 Å². The van der Waals surface area contributed by atoms with E-state index in [-0.39, 0.29) is 5.92 Å². The van der Waals surface area contributed by atoms with Crippen LogP contribution in [-0.2, 0) is 0 Å². The van der Waals surface area contributed by atoms with Crippen molar-refractivity contribution in [3.05, 3.63) is 169 Å². The van der Waals surface area contributed by atoms with Crippen LogP contribution in [0.1, 0.15) is 11.5 Å². The molecule has 0 unspecified atom stereocenters. The monoisotopic (exact) mass is 550 g/mol. The van der Waals surface area contributed by atoms with Gasteiger partial charge < -0.3 is 19.3 Å². The maximum Gasteiger partial charge on any atom is 0.160 e. The number of benzene rings is 5. The zero-order valence-corrected chi connectivity index (χ0v) is 23.9. The predicted octanol–water partition coefficient (Wildman–Crippen LogP) is 9.29. The number of hydrogen-bond acceptors (Lipinski definition) is 4. The van der Waals surface area contributed by atoms with Crippen molar-refractivity contribution in [3.63, 3.8) is 0 Å². The second kappa shape index (κ2) is 12.1. The molecule has 6 rings (SSSR count). The van der Waals surface area contributed by atoms with Crippen molar-refractivity contribution in [1.29, 1.82) is 0 Å². The van der Waals surface area contributed by atoms with Crippen molar-refractivity contribution >= 4 is 22.7 Å². The second-order valence-electron chi connectivity index (χ2n) is 10.2. The Bertz CT molecular complexity index is 1560. The molecule has 0 N–H and O–H groups in total. The average Bonchev–Trinajstić information content (AvgIpc) is 3.07. The molecule has 4 nitrogen and oxygen atoms in total. The summed E-state index contributed by atoms with van der Waals surface area (Å²) in [6.07, 6.45) is 9.26. The zero-order chi connectivity index (χ0) is 28.8. The minimum absolute atomic E-state index is 0.144. The molecular formula is C38H34N2O2. The third-order valence-corrected chi connectivity index (χ3v) is 7.65. The molecule has 0 radical (unpaired) electrons. The van der Waals surface area contributed by atoms with E-state index in [4.69, 9.17) is 9.47 Å². The van der Waals surface area contributed by atoms with Gasteiger partial charge in [-0.25, -0.2) is 0 Å². The van der Waals surface area contributed by atoms with Crippen molar-refractivity contribution < 1.29 is 9.47 Å². The van der Waals surface area contributed by atoms with Gasteiger partial charge in [0, 0.05) is 40.8 Å². The molecule has 0 fully saturated rings. The van der Waals surface area contributed by atoms with Crippen LogP contribution >= 0.6 is 0 Å². The number of anilines is 4. The molecule has 1 aliphatic carbocycles. The highest BCUT2D eigenvalue weighted by atomic mass is 16.5. The number of methoxy groups -OCH3 is 2. The van der Waals surface area contributed by atoms with Crippen LogP contribution in [0.3, 0.4) is 0 Å². The molecule has 0 saturated carbocycles. The van der Waals surface area contributed by atoms with E-state index in [0.717, 1.165) is 34.2 Å². The number of nitrogens with zero attached hydrogens (tertiary/aromatic N) is 2. The van der Waals surface area contributed by atoms with Gasteiger partial charge in [0.2, 0.25) is 0 Å². The van der Waals surface area contributed by atoms with Crippen molar-refractivity contribution in [2.75, 3.05) is 24.0 Å². The lowest BCUT2D eigenvalue weighted by molar-refractivity contribution is 0.414. The highest BCUT2D eigenvalue weighted by Crippen LogP contribution is 2.47. The van der Waals surface area contributed by atoms with Crippen LogP contribution in [0.25, 0.3) is 0 Å². The lowest BCUT2D eigenvalue weighted by Crippen LogP contribution is -2.56. The minimum atomic E-state index is -0.785. The van der Waals surface area contributed by atoms with Gasteiger partial charge in [0.15, 0.2) is 5.66 Å². The molecule has 0 aliphatic heterocycles. The van der Waals surface area contributed by atoms with E-state index in [1.165, 1.54) is 5.56 Å². The first-order chi connectivity index (χ1) is 20.7. The molecule has 5 aromatic carbocycles. The van der Waals surface area contributed by atoms with Crippen LogP contribution in [-0.4, -0.2) is 19.9 Å². The quantitative estimate of drug-likeness (QED) is 0.135. The van der Waals surface area contributed by atoms with Gasteiger partial charge in [-0.2, -0.15) is 0 Å². The first-order valence-electron chi connectivity index (χ1n) is 14.1. The Morgan fingerprint density at radius 2 is 0.881 bits per heavy atom. The van der Waals surface area contributed by atoms with Crippen LogP contribution in [0.2, 0.25) is 0 Å². The van der Waals surface area contributed by atoms with E-state index in [0.29, 0.717) is 0 Å². The van der Waals surface area contributed by atoms with E-state index < -0.39 is 5.66 Å².